The molecule has 0 fully saturated rings. The van der Waals surface area contributed by atoms with E-state index in [4.69, 9.17) is 0 Å². The number of nitrogens with zero attached hydrogens (tertiary/aromatic N) is 5. The Labute approximate surface area is 139 Å². The molecule has 0 aliphatic heterocycles. The minimum atomic E-state index is -0.186. The Morgan fingerprint density at radius 2 is 1.88 bits per heavy atom. The second kappa shape index (κ2) is 7.45. The Kier molecular flexibility index (Phi) is 4.90. The van der Waals surface area contributed by atoms with Crippen LogP contribution < -0.4 is 5.32 Å². The average molecular weight is 322 g/mol. The number of pyridine rings is 1. The van der Waals surface area contributed by atoms with Gasteiger partial charge >= 0.3 is 0 Å². The van der Waals surface area contributed by atoms with Crippen LogP contribution in [0, 0.1) is 0 Å². The lowest BCUT2D eigenvalue weighted by Gasteiger charge is -2.08. The van der Waals surface area contributed by atoms with E-state index in [2.05, 4.69) is 32.2 Å². The van der Waals surface area contributed by atoms with Crippen LogP contribution in [0.15, 0.2) is 49.3 Å². The zero-order valence-electron chi connectivity index (χ0n) is 13.4. The second-order valence-corrected chi connectivity index (χ2v) is 5.18. The lowest BCUT2D eigenvalue weighted by Crippen LogP contribution is -2.27. The van der Waals surface area contributed by atoms with E-state index in [0.717, 1.165) is 17.8 Å². The maximum absolute atomic E-state index is 12.1. The van der Waals surface area contributed by atoms with Crippen LogP contribution >= 0.6 is 0 Å². The third-order valence-corrected chi connectivity index (χ3v) is 3.61. The number of hydrogen-bond acceptors (Lipinski definition) is 5. The van der Waals surface area contributed by atoms with Crippen molar-refractivity contribution in [3.05, 3.63) is 60.7 Å². The van der Waals surface area contributed by atoms with Crippen molar-refractivity contribution in [2.75, 3.05) is 6.54 Å². The van der Waals surface area contributed by atoms with Crippen LogP contribution in [0.3, 0.4) is 0 Å². The van der Waals surface area contributed by atoms with Crippen LogP contribution in [-0.2, 0) is 13.0 Å². The van der Waals surface area contributed by atoms with Crippen molar-refractivity contribution in [3.8, 4) is 11.4 Å². The highest BCUT2D eigenvalue weighted by molar-refractivity contribution is 5.93. The molecule has 24 heavy (non-hydrogen) atoms. The molecule has 122 valence electrons. The summed E-state index contributed by atoms with van der Waals surface area (Å²) in [5, 5.41) is 2.87. The van der Waals surface area contributed by atoms with Crippen molar-refractivity contribution in [2.24, 2.45) is 0 Å². The van der Waals surface area contributed by atoms with Crippen LogP contribution in [0.1, 0.15) is 23.1 Å². The van der Waals surface area contributed by atoms with Gasteiger partial charge in [-0.25, -0.2) is 15.0 Å². The van der Waals surface area contributed by atoms with E-state index in [-0.39, 0.29) is 5.91 Å². The summed E-state index contributed by atoms with van der Waals surface area (Å²) in [6.07, 6.45) is 11.0. The fourth-order valence-corrected chi connectivity index (χ4v) is 2.35. The summed E-state index contributed by atoms with van der Waals surface area (Å²) < 4.78 is 2.03. The summed E-state index contributed by atoms with van der Waals surface area (Å²) in [4.78, 5) is 28.8. The van der Waals surface area contributed by atoms with Gasteiger partial charge in [0.1, 0.15) is 5.82 Å². The lowest BCUT2D eigenvalue weighted by molar-refractivity contribution is 0.0951. The van der Waals surface area contributed by atoms with E-state index in [1.54, 1.807) is 18.6 Å². The van der Waals surface area contributed by atoms with Crippen LogP contribution in [-0.4, -0.2) is 37.0 Å². The van der Waals surface area contributed by atoms with E-state index >= 15 is 0 Å². The summed E-state index contributed by atoms with van der Waals surface area (Å²) in [7, 11) is 0. The molecule has 0 aromatic carbocycles. The van der Waals surface area contributed by atoms with Gasteiger partial charge in [-0.05, 0) is 12.1 Å². The Bertz CT molecular complexity index is 797. The lowest BCUT2D eigenvalue weighted by atomic mass is 10.2. The van der Waals surface area contributed by atoms with Gasteiger partial charge < -0.3 is 9.88 Å². The highest BCUT2D eigenvalue weighted by Gasteiger charge is 2.08. The molecule has 0 atom stereocenters. The van der Waals surface area contributed by atoms with Crippen molar-refractivity contribution in [1.29, 1.82) is 0 Å². The van der Waals surface area contributed by atoms with Crippen molar-refractivity contribution < 1.29 is 4.79 Å². The molecule has 0 unspecified atom stereocenters. The average Bonchev–Trinajstić information content (AvgIpc) is 3.10. The Morgan fingerprint density at radius 1 is 1.12 bits per heavy atom. The van der Waals surface area contributed by atoms with Crippen LogP contribution in [0.5, 0.6) is 0 Å². The third-order valence-electron chi connectivity index (χ3n) is 3.61. The number of hydrogen-bond donors (Lipinski definition) is 1. The number of carbonyl (C=O) groups is 1. The first-order chi connectivity index (χ1) is 11.8. The molecule has 0 saturated heterocycles. The first-order valence-electron chi connectivity index (χ1n) is 7.78. The molecule has 3 heterocycles. The van der Waals surface area contributed by atoms with Crippen molar-refractivity contribution >= 4 is 5.91 Å². The smallest absolute Gasteiger partial charge is 0.254 e. The molecule has 7 heteroatoms. The minimum Gasteiger partial charge on any atom is -0.350 e. The molecule has 0 aliphatic carbocycles. The molecule has 7 nitrogen and oxygen atoms in total. The molecular weight excluding hydrogens is 304 g/mol. The molecule has 0 saturated carbocycles. The predicted molar refractivity (Wildman–Crippen MR) is 89.2 cm³/mol. The molecule has 0 radical (unpaired) electrons. The number of carbonyl (C=O) groups excluding carboxylic acids is 1. The molecular formula is C17H18N6O. The number of imidazole rings is 1. The molecule has 3 aromatic heterocycles. The first kappa shape index (κ1) is 15.8. The van der Waals surface area contributed by atoms with Crippen LogP contribution in [0.25, 0.3) is 11.4 Å². The second-order valence-electron chi connectivity index (χ2n) is 5.18. The topological polar surface area (TPSA) is 85.6 Å². The number of rotatable bonds is 6. The van der Waals surface area contributed by atoms with Gasteiger partial charge in [-0.2, -0.15) is 0 Å². The standard InChI is InChI=1S/C17H18N6O/c1-2-15-19-7-9-23(15)10-8-20-17(24)14-11-21-16(22-12-14)13-3-5-18-6-4-13/h3-7,9,11-12H,2,8,10H2,1H3,(H,20,24). The summed E-state index contributed by atoms with van der Waals surface area (Å²) in [6.45, 7) is 3.26. The van der Waals surface area contributed by atoms with Gasteiger partial charge in [0.2, 0.25) is 0 Å². The highest BCUT2D eigenvalue weighted by atomic mass is 16.1. The van der Waals surface area contributed by atoms with Gasteiger partial charge in [-0.3, -0.25) is 9.78 Å². The maximum atomic E-state index is 12.1. The normalized spacial score (nSPS) is 10.5. The third kappa shape index (κ3) is 3.62. The Morgan fingerprint density at radius 3 is 2.58 bits per heavy atom. The number of amides is 1. The van der Waals surface area contributed by atoms with Crippen molar-refractivity contribution in [2.45, 2.75) is 19.9 Å². The first-order valence-corrected chi connectivity index (χ1v) is 7.78. The molecule has 1 N–H and O–H groups in total. The quantitative estimate of drug-likeness (QED) is 0.747. The summed E-state index contributed by atoms with van der Waals surface area (Å²) in [5.74, 6) is 1.39. The fourth-order valence-electron chi connectivity index (χ4n) is 2.35. The van der Waals surface area contributed by atoms with Gasteiger partial charge in [0, 0.05) is 62.3 Å². The SMILES string of the molecule is CCc1nccn1CCNC(=O)c1cnc(-c2ccncc2)nc1. The Hall–Kier alpha value is -3.09. The van der Waals surface area contributed by atoms with Gasteiger partial charge in [-0.1, -0.05) is 6.92 Å². The maximum Gasteiger partial charge on any atom is 0.254 e. The van der Waals surface area contributed by atoms with Crippen LogP contribution in [0.4, 0.5) is 0 Å². The monoisotopic (exact) mass is 322 g/mol. The summed E-state index contributed by atoms with van der Waals surface area (Å²) in [5.41, 5.74) is 1.30. The van der Waals surface area contributed by atoms with E-state index in [9.17, 15) is 4.79 Å². The number of aromatic nitrogens is 5. The van der Waals surface area contributed by atoms with E-state index < -0.39 is 0 Å². The van der Waals surface area contributed by atoms with Crippen molar-refractivity contribution in [3.63, 3.8) is 0 Å². The van der Waals surface area contributed by atoms with E-state index in [1.165, 1.54) is 12.4 Å². The molecule has 0 spiro atoms. The van der Waals surface area contributed by atoms with E-state index in [0.29, 0.717) is 24.5 Å². The summed E-state index contributed by atoms with van der Waals surface area (Å²) in [6, 6.07) is 3.65. The highest BCUT2D eigenvalue weighted by Crippen LogP contribution is 2.12. The minimum absolute atomic E-state index is 0.186. The molecule has 1 amide bonds. The molecule has 0 bridgehead atoms. The zero-order valence-corrected chi connectivity index (χ0v) is 13.4. The number of aryl methyl sites for hydroxylation is 1. The summed E-state index contributed by atoms with van der Waals surface area (Å²) >= 11 is 0. The fraction of sp³-hybridized carbons (Fsp3) is 0.235. The van der Waals surface area contributed by atoms with Crippen LogP contribution in [0.2, 0.25) is 0 Å². The van der Waals surface area contributed by atoms with Crippen molar-refractivity contribution in [1.82, 2.24) is 29.8 Å². The predicted octanol–water partition coefficient (Wildman–Crippen LogP) is 1.73. The van der Waals surface area contributed by atoms with Gasteiger partial charge in [0.25, 0.3) is 5.91 Å². The van der Waals surface area contributed by atoms with Gasteiger partial charge in [-0.15, -0.1) is 0 Å². The van der Waals surface area contributed by atoms with E-state index in [1.807, 2.05) is 22.9 Å². The molecule has 3 rings (SSSR count). The largest absolute Gasteiger partial charge is 0.350 e. The Balaban J connectivity index is 1.57. The van der Waals surface area contributed by atoms with Gasteiger partial charge in [0.15, 0.2) is 5.82 Å². The molecule has 0 aliphatic rings. The van der Waals surface area contributed by atoms with Gasteiger partial charge in [0.05, 0.1) is 5.56 Å². The molecule has 3 aromatic rings. The zero-order chi connectivity index (χ0) is 16.8. The number of nitrogens with one attached hydrogen (secondary N) is 1.